The van der Waals surface area contributed by atoms with Crippen molar-refractivity contribution < 1.29 is 9.53 Å². The Morgan fingerprint density at radius 3 is 2.50 bits per heavy atom. The largest absolute Gasteiger partial charge is 0.497 e. The summed E-state index contributed by atoms with van der Waals surface area (Å²) in [6, 6.07) is 18.1. The lowest BCUT2D eigenvalue weighted by molar-refractivity contribution is -0.126. The van der Waals surface area contributed by atoms with Gasteiger partial charge in [-0.2, -0.15) is 0 Å². The minimum Gasteiger partial charge on any atom is -0.497 e. The lowest BCUT2D eigenvalue weighted by Crippen LogP contribution is -2.53. The molecule has 1 amide bonds. The summed E-state index contributed by atoms with van der Waals surface area (Å²) in [6.45, 7) is 6.17. The van der Waals surface area contributed by atoms with Crippen LogP contribution in [0.5, 0.6) is 5.75 Å². The van der Waals surface area contributed by atoms with Gasteiger partial charge < -0.3 is 15.0 Å². The van der Waals surface area contributed by atoms with Gasteiger partial charge >= 0.3 is 0 Å². The highest BCUT2D eigenvalue weighted by Crippen LogP contribution is 2.17. The number of piperazine rings is 1. The fraction of sp³-hybridized carbons (Fsp3) is 0.381. The molecule has 1 fully saturated rings. The van der Waals surface area contributed by atoms with Gasteiger partial charge in [-0.25, -0.2) is 0 Å². The van der Waals surface area contributed by atoms with Gasteiger partial charge in [-0.15, -0.1) is 0 Å². The predicted octanol–water partition coefficient (Wildman–Crippen LogP) is 2.52. The maximum absolute atomic E-state index is 12.5. The predicted molar refractivity (Wildman–Crippen MR) is 105 cm³/mol. The maximum atomic E-state index is 12.5. The minimum absolute atomic E-state index is 0.0704. The molecule has 0 spiro atoms. The molecule has 1 heterocycles. The molecule has 0 radical (unpaired) electrons. The highest BCUT2D eigenvalue weighted by Gasteiger charge is 2.25. The molecular weight excluding hydrogens is 326 g/mol. The third kappa shape index (κ3) is 4.55. The van der Waals surface area contributed by atoms with Gasteiger partial charge in [0.25, 0.3) is 0 Å². The Kier molecular flexibility index (Phi) is 6.12. The van der Waals surface area contributed by atoms with Crippen molar-refractivity contribution in [3.8, 4) is 5.75 Å². The first-order valence-electron chi connectivity index (χ1n) is 9.12. The zero-order valence-electron chi connectivity index (χ0n) is 15.5. The fourth-order valence-electron chi connectivity index (χ4n) is 3.29. The van der Waals surface area contributed by atoms with E-state index >= 15 is 0 Å². The molecule has 0 bridgehead atoms. The first-order valence-corrected chi connectivity index (χ1v) is 9.12. The number of nitrogens with zero attached hydrogens (tertiary/aromatic N) is 2. The van der Waals surface area contributed by atoms with E-state index in [1.165, 1.54) is 5.69 Å². The Hall–Kier alpha value is -2.53. The van der Waals surface area contributed by atoms with Gasteiger partial charge in [0, 0.05) is 38.4 Å². The van der Waals surface area contributed by atoms with Gasteiger partial charge in [-0.05, 0) is 36.8 Å². The third-order valence-corrected chi connectivity index (χ3v) is 4.96. The van der Waals surface area contributed by atoms with E-state index in [0.29, 0.717) is 6.54 Å². The van der Waals surface area contributed by atoms with Crippen molar-refractivity contribution >= 4 is 11.6 Å². The van der Waals surface area contributed by atoms with Crippen LogP contribution in [0.25, 0.3) is 0 Å². The fourth-order valence-corrected chi connectivity index (χ4v) is 3.29. The monoisotopic (exact) mass is 353 g/mol. The van der Waals surface area contributed by atoms with Gasteiger partial charge in [0.2, 0.25) is 5.91 Å². The molecule has 1 saturated heterocycles. The summed E-state index contributed by atoms with van der Waals surface area (Å²) < 4.78 is 5.23. The van der Waals surface area contributed by atoms with Crippen LogP contribution in [0, 0.1) is 0 Å². The highest BCUT2D eigenvalue weighted by atomic mass is 16.5. The van der Waals surface area contributed by atoms with Crippen LogP contribution in [0.3, 0.4) is 0 Å². The zero-order chi connectivity index (χ0) is 18.4. The molecule has 1 atom stereocenters. The van der Waals surface area contributed by atoms with Crippen LogP contribution in [-0.4, -0.2) is 50.1 Å². The second kappa shape index (κ2) is 8.72. The van der Waals surface area contributed by atoms with E-state index in [4.69, 9.17) is 4.74 Å². The Morgan fingerprint density at radius 1 is 1.08 bits per heavy atom. The quantitative estimate of drug-likeness (QED) is 0.867. The number of nitrogens with one attached hydrogen (secondary N) is 1. The molecule has 0 aliphatic carbocycles. The van der Waals surface area contributed by atoms with Crippen LogP contribution in [0.15, 0.2) is 54.6 Å². The summed E-state index contributed by atoms with van der Waals surface area (Å²) in [5.74, 6) is 0.878. The van der Waals surface area contributed by atoms with E-state index in [-0.39, 0.29) is 11.9 Å². The number of amides is 1. The van der Waals surface area contributed by atoms with Crippen LogP contribution >= 0.6 is 0 Å². The molecule has 1 N–H and O–H groups in total. The van der Waals surface area contributed by atoms with Crippen molar-refractivity contribution in [3.63, 3.8) is 0 Å². The van der Waals surface area contributed by atoms with Crippen molar-refractivity contribution in [2.45, 2.75) is 19.5 Å². The first kappa shape index (κ1) is 18.3. The second-order valence-electron chi connectivity index (χ2n) is 6.60. The number of rotatable bonds is 6. The van der Waals surface area contributed by atoms with Gasteiger partial charge in [0.1, 0.15) is 5.75 Å². The van der Waals surface area contributed by atoms with E-state index in [2.05, 4.69) is 39.4 Å². The molecule has 1 aliphatic heterocycles. The van der Waals surface area contributed by atoms with Gasteiger partial charge in [-0.3, -0.25) is 9.69 Å². The zero-order valence-corrected chi connectivity index (χ0v) is 15.5. The van der Waals surface area contributed by atoms with Crippen LogP contribution in [0.4, 0.5) is 5.69 Å². The summed E-state index contributed by atoms with van der Waals surface area (Å²) in [5.41, 5.74) is 2.29. The lowest BCUT2D eigenvalue weighted by atomic mass is 10.1. The molecule has 2 aromatic carbocycles. The van der Waals surface area contributed by atoms with Crippen molar-refractivity contribution in [2.24, 2.45) is 0 Å². The Labute approximate surface area is 155 Å². The summed E-state index contributed by atoms with van der Waals surface area (Å²) in [4.78, 5) is 17.1. The number of para-hydroxylation sites is 1. The summed E-state index contributed by atoms with van der Waals surface area (Å²) in [6.07, 6.45) is 0. The van der Waals surface area contributed by atoms with E-state index in [1.54, 1.807) is 7.11 Å². The number of hydrogen-bond acceptors (Lipinski definition) is 4. The van der Waals surface area contributed by atoms with Crippen molar-refractivity contribution in [3.05, 3.63) is 60.2 Å². The number of hydrogen-bond donors (Lipinski definition) is 1. The van der Waals surface area contributed by atoms with Crippen LogP contribution in [-0.2, 0) is 11.3 Å². The van der Waals surface area contributed by atoms with E-state index < -0.39 is 0 Å². The SMILES string of the molecule is COc1cccc(CNC(=O)C(C)N2CCN(c3ccccc3)CC2)c1. The topological polar surface area (TPSA) is 44.8 Å². The molecule has 0 aromatic heterocycles. The van der Waals surface area contributed by atoms with E-state index in [0.717, 1.165) is 37.5 Å². The molecule has 1 aliphatic rings. The molecule has 1 unspecified atom stereocenters. The van der Waals surface area contributed by atoms with Gasteiger partial charge in [0.15, 0.2) is 0 Å². The number of ether oxygens (including phenoxy) is 1. The smallest absolute Gasteiger partial charge is 0.237 e. The number of carbonyl (C=O) groups excluding carboxylic acids is 1. The van der Waals surface area contributed by atoms with Gasteiger partial charge in [-0.1, -0.05) is 30.3 Å². The average molecular weight is 353 g/mol. The maximum Gasteiger partial charge on any atom is 0.237 e. The lowest BCUT2D eigenvalue weighted by Gasteiger charge is -2.38. The second-order valence-corrected chi connectivity index (χ2v) is 6.60. The minimum atomic E-state index is -0.126. The average Bonchev–Trinajstić information content (AvgIpc) is 2.72. The standard InChI is InChI=1S/C21H27N3O2/c1-17(21(25)22-16-18-7-6-10-20(15-18)26-2)23-11-13-24(14-12-23)19-8-4-3-5-9-19/h3-10,15,17H,11-14,16H2,1-2H3,(H,22,25). The van der Waals surface area contributed by atoms with Crippen LogP contribution < -0.4 is 15.0 Å². The number of anilines is 1. The molecular formula is C21H27N3O2. The van der Waals surface area contributed by atoms with E-state index in [1.807, 2.05) is 37.3 Å². The molecule has 26 heavy (non-hydrogen) atoms. The van der Waals surface area contributed by atoms with Gasteiger partial charge in [0.05, 0.1) is 13.2 Å². The number of methoxy groups -OCH3 is 1. The molecule has 138 valence electrons. The van der Waals surface area contributed by atoms with Crippen molar-refractivity contribution in [2.75, 3.05) is 38.2 Å². The van der Waals surface area contributed by atoms with Crippen LogP contribution in [0.2, 0.25) is 0 Å². The van der Waals surface area contributed by atoms with Crippen molar-refractivity contribution in [1.82, 2.24) is 10.2 Å². The molecule has 5 nitrogen and oxygen atoms in total. The molecule has 2 aromatic rings. The highest BCUT2D eigenvalue weighted by molar-refractivity contribution is 5.81. The third-order valence-electron chi connectivity index (χ3n) is 4.96. The van der Waals surface area contributed by atoms with Crippen molar-refractivity contribution in [1.29, 1.82) is 0 Å². The van der Waals surface area contributed by atoms with E-state index in [9.17, 15) is 4.79 Å². The summed E-state index contributed by atoms with van der Waals surface area (Å²) >= 11 is 0. The van der Waals surface area contributed by atoms with Crippen LogP contribution in [0.1, 0.15) is 12.5 Å². The Bertz CT molecular complexity index is 712. The summed E-state index contributed by atoms with van der Waals surface area (Å²) in [7, 11) is 1.65. The molecule has 3 rings (SSSR count). The number of carbonyl (C=O) groups is 1. The molecule has 0 saturated carbocycles. The molecule has 5 heteroatoms. The summed E-state index contributed by atoms with van der Waals surface area (Å²) in [5, 5.41) is 3.04. The number of benzene rings is 2. The Morgan fingerprint density at radius 2 is 1.81 bits per heavy atom. The Balaban J connectivity index is 1.48. The normalized spacial score (nSPS) is 16.2. The first-order chi connectivity index (χ1) is 12.7.